The quantitative estimate of drug-likeness (QED) is 0.517. The molecule has 0 saturated heterocycles. The van der Waals surface area contributed by atoms with Crippen LogP contribution in [0.25, 0.3) is 0 Å². The van der Waals surface area contributed by atoms with Gasteiger partial charge >= 0.3 is 6.03 Å². The second-order valence-electron chi connectivity index (χ2n) is 1.74. The molecule has 0 aliphatic heterocycles. The third-order valence-corrected chi connectivity index (χ3v) is 1.03. The lowest BCUT2D eigenvalue weighted by Crippen LogP contribution is -2.24. The minimum Gasteiger partial charge on any atom is -0.382 e. The summed E-state index contributed by atoms with van der Waals surface area (Å²) in [5.74, 6) is 0.337. The summed E-state index contributed by atoms with van der Waals surface area (Å²) in [6, 6.07) is 1.26. The Morgan fingerprint density at radius 1 is 1.90 bits per heavy atom. The number of nitrogens with two attached hydrogens (primary N) is 1. The molecule has 10 heavy (non-hydrogen) atoms. The molecule has 0 aliphatic rings. The zero-order chi connectivity index (χ0) is 7.56. The van der Waals surface area contributed by atoms with Crippen LogP contribution in [-0.2, 0) is 0 Å². The highest BCUT2D eigenvalue weighted by Crippen LogP contribution is 1.93. The van der Waals surface area contributed by atoms with Crippen molar-refractivity contribution in [2.24, 2.45) is 0 Å². The smallest absolute Gasteiger partial charge is 0.341 e. The molecule has 3 N–H and O–H groups in total. The third-order valence-electron chi connectivity index (χ3n) is 1.03. The molecular formula is C5H8N4O. The molecule has 0 unspecified atom stereocenters. The van der Waals surface area contributed by atoms with Crippen LogP contribution in [0.5, 0.6) is 0 Å². The van der Waals surface area contributed by atoms with Crippen molar-refractivity contribution in [3.8, 4) is 0 Å². The fourth-order valence-electron chi connectivity index (χ4n) is 0.566. The van der Waals surface area contributed by atoms with Crippen LogP contribution in [0.4, 0.5) is 10.6 Å². The first-order valence-electron chi connectivity index (χ1n) is 2.77. The number of carbonyl (C=O) groups is 1. The van der Waals surface area contributed by atoms with E-state index in [9.17, 15) is 4.79 Å². The largest absolute Gasteiger partial charge is 0.382 e. The standard InChI is InChI=1S/C5H8N4O/c1-7-5(10)9-3-2-4(6)8-9/h2-3H,1H3,(H2,6,8)(H,7,10). The van der Waals surface area contributed by atoms with Crippen molar-refractivity contribution >= 4 is 11.8 Å². The average Bonchev–Trinajstić information content (AvgIpc) is 2.34. The van der Waals surface area contributed by atoms with E-state index >= 15 is 0 Å². The molecule has 0 atom stereocenters. The van der Waals surface area contributed by atoms with E-state index in [1.807, 2.05) is 0 Å². The van der Waals surface area contributed by atoms with E-state index in [1.165, 1.54) is 13.2 Å². The molecule has 0 radical (unpaired) electrons. The Bertz CT molecular complexity index is 242. The lowest BCUT2D eigenvalue weighted by Gasteiger charge is -1.95. The maximum Gasteiger partial charge on any atom is 0.341 e. The van der Waals surface area contributed by atoms with Crippen molar-refractivity contribution in [2.75, 3.05) is 12.8 Å². The van der Waals surface area contributed by atoms with E-state index in [1.54, 1.807) is 6.07 Å². The summed E-state index contributed by atoms with van der Waals surface area (Å²) in [6.07, 6.45) is 1.49. The summed E-state index contributed by atoms with van der Waals surface area (Å²) in [5.41, 5.74) is 5.26. The van der Waals surface area contributed by atoms with Crippen LogP contribution >= 0.6 is 0 Å². The fraction of sp³-hybridized carbons (Fsp3) is 0.200. The van der Waals surface area contributed by atoms with E-state index in [0.717, 1.165) is 4.68 Å². The summed E-state index contributed by atoms with van der Waals surface area (Å²) in [4.78, 5) is 10.8. The monoisotopic (exact) mass is 140 g/mol. The van der Waals surface area contributed by atoms with Crippen molar-refractivity contribution in [2.45, 2.75) is 0 Å². The maximum atomic E-state index is 10.8. The Balaban J connectivity index is 2.85. The highest BCUT2D eigenvalue weighted by molar-refractivity contribution is 5.75. The maximum absolute atomic E-state index is 10.8. The number of rotatable bonds is 0. The van der Waals surface area contributed by atoms with Gasteiger partial charge in [-0.1, -0.05) is 0 Å². The predicted molar refractivity (Wildman–Crippen MR) is 36.5 cm³/mol. The molecule has 0 fully saturated rings. The van der Waals surface area contributed by atoms with E-state index < -0.39 is 0 Å². The third kappa shape index (κ3) is 1.07. The van der Waals surface area contributed by atoms with Crippen LogP contribution in [-0.4, -0.2) is 22.9 Å². The van der Waals surface area contributed by atoms with Gasteiger partial charge in [-0.15, -0.1) is 5.10 Å². The Morgan fingerprint density at radius 3 is 3.00 bits per heavy atom. The van der Waals surface area contributed by atoms with Gasteiger partial charge in [0.05, 0.1) is 0 Å². The summed E-state index contributed by atoms with van der Waals surface area (Å²) in [7, 11) is 1.53. The molecule has 54 valence electrons. The number of nitrogens with one attached hydrogen (secondary N) is 1. The van der Waals surface area contributed by atoms with Crippen LogP contribution in [0.2, 0.25) is 0 Å². The van der Waals surface area contributed by atoms with Crippen molar-refractivity contribution in [1.82, 2.24) is 15.1 Å². The van der Waals surface area contributed by atoms with Crippen LogP contribution in [0, 0.1) is 0 Å². The van der Waals surface area contributed by atoms with E-state index in [4.69, 9.17) is 5.73 Å². The van der Waals surface area contributed by atoms with Gasteiger partial charge in [0.2, 0.25) is 0 Å². The van der Waals surface area contributed by atoms with E-state index in [2.05, 4.69) is 10.4 Å². The fourth-order valence-corrected chi connectivity index (χ4v) is 0.566. The lowest BCUT2D eigenvalue weighted by molar-refractivity contribution is 0.241. The Morgan fingerprint density at radius 2 is 2.60 bits per heavy atom. The van der Waals surface area contributed by atoms with Crippen molar-refractivity contribution < 1.29 is 4.79 Å². The zero-order valence-corrected chi connectivity index (χ0v) is 5.53. The zero-order valence-electron chi connectivity index (χ0n) is 5.53. The number of aromatic nitrogens is 2. The topological polar surface area (TPSA) is 72.9 Å². The van der Waals surface area contributed by atoms with E-state index in [-0.39, 0.29) is 6.03 Å². The number of carbonyl (C=O) groups excluding carboxylic acids is 1. The first kappa shape index (κ1) is 6.60. The van der Waals surface area contributed by atoms with Gasteiger partial charge in [-0.2, -0.15) is 4.68 Å². The number of amides is 1. The number of hydrogen-bond acceptors (Lipinski definition) is 3. The van der Waals surface area contributed by atoms with Gasteiger partial charge in [0, 0.05) is 19.3 Å². The molecule has 1 aromatic heterocycles. The second kappa shape index (κ2) is 2.38. The first-order chi connectivity index (χ1) is 4.74. The molecule has 0 saturated carbocycles. The van der Waals surface area contributed by atoms with Gasteiger partial charge in [0.25, 0.3) is 0 Å². The van der Waals surface area contributed by atoms with Gasteiger partial charge in [-0.3, -0.25) is 0 Å². The number of anilines is 1. The van der Waals surface area contributed by atoms with Crippen LogP contribution < -0.4 is 11.1 Å². The minimum atomic E-state index is -0.295. The van der Waals surface area contributed by atoms with Crippen molar-refractivity contribution in [1.29, 1.82) is 0 Å². The number of nitrogen functional groups attached to an aromatic ring is 1. The Kier molecular flexibility index (Phi) is 1.57. The molecule has 0 aliphatic carbocycles. The van der Waals surface area contributed by atoms with Crippen LogP contribution in [0.15, 0.2) is 12.3 Å². The SMILES string of the molecule is CNC(=O)n1ccc(N)n1. The molecule has 0 bridgehead atoms. The van der Waals surface area contributed by atoms with Gasteiger partial charge in [0.1, 0.15) is 5.82 Å². The number of hydrogen-bond donors (Lipinski definition) is 2. The van der Waals surface area contributed by atoms with Crippen molar-refractivity contribution in [3.63, 3.8) is 0 Å². The molecule has 5 heteroatoms. The summed E-state index contributed by atoms with van der Waals surface area (Å²) in [6.45, 7) is 0. The highest BCUT2D eigenvalue weighted by Gasteiger charge is 2.00. The average molecular weight is 140 g/mol. The second-order valence-corrected chi connectivity index (χ2v) is 1.74. The Labute approximate surface area is 57.8 Å². The van der Waals surface area contributed by atoms with E-state index in [0.29, 0.717) is 5.82 Å². The molecule has 1 aromatic rings. The summed E-state index contributed by atoms with van der Waals surface area (Å²) >= 11 is 0. The normalized spacial score (nSPS) is 9.30. The molecule has 1 rings (SSSR count). The van der Waals surface area contributed by atoms with Gasteiger partial charge in [-0.25, -0.2) is 4.79 Å². The van der Waals surface area contributed by atoms with Gasteiger partial charge in [0.15, 0.2) is 0 Å². The van der Waals surface area contributed by atoms with Crippen molar-refractivity contribution in [3.05, 3.63) is 12.3 Å². The lowest BCUT2D eigenvalue weighted by atomic mass is 10.7. The molecule has 0 aromatic carbocycles. The number of nitrogens with zero attached hydrogens (tertiary/aromatic N) is 2. The molecule has 1 amide bonds. The highest BCUT2D eigenvalue weighted by atomic mass is 16.2. The molecule has 5 nitrogen and oxygen atoms in total. The first-order valence-corrected chi connectivity index (χ1v) is 2.77. The minimum absolute atomic E-state index is 0.295. The van der Waals surface area contributed by atoms with Crippen LogP contribution in [0.1, 0.15) is 0 Å². The van der Waals surface area contributed by atoms with Gasteiger partial charge < -0.3 is 11.1 Å². The predicted octanol–water partition coefficient (Wildman–Crippen LogP) is -0.347. The van der Waals surface area contributed by atoms with Crippen LogP contribution in [0.3, 0.4) is 0 Å². The Hall–Kier alpha value is -1.52. The molecule has 0 spiro atoms. The summed E-state index contributed by atoms with van der Waals surface area (Å²) in [5, 5.41) is 6.06. The molecular weight excluding hydrogens is 132 g/mol. The summed E-state index contributed by atoms with van der Waals surface area (Å²) < 4.78 is 1.13. The van der Waals surface area contributed by atoms with Gasteiger partial charge in [-0.05, 0) is 0 Å². The molecule has 1 heterocycles.